The van der Waals surface area contributed by atoms with E-state index in [9.17, 15) is 13.0 Å². The largest absolute Gasteiger partial charge is 1.00 e. The summed E-state index contributed by atoms with van der Waals surface area (Å²) in [6.45, 7) is 1.88. The molecular weight excluding hydrogens is 555 g/mol. The monoisotopic (exact) mass is 584 g/mol. The van der Waals surface area contributed by atoms with Crippen LogP contribution in [-0.2, 0) is 10.1 Å². The Hall–Kier alpha value is -2.66. The van der Waals surface area contributed by atoms with Gasteiger partial charge in [-0.2, -0.15) is 0 Å². The third-order valence-electron chi connectivity index (χ3n) is 6.78. The number of methoxy groups -OCH3 is 2. The van der Waals surface area contributed by atoms with Gasteiger partial charge in [-0.25, -0.2) is 8.42 Å². The van der Waals surface area contributed by atoms with Gasteiger partial charge in [-0.3, -0.25) is 0 Å². The molecule has 1 unspecified atom stereocenters. The predicted molar refractivity (Wildman–Crippen MR) is 156 cm³/mol. The Morgan fingerprint density at radius 3 is 1.88 bits per heavy atom. The van der Waals surface area contributed by atoms with E-state index in [-0.39, 0.29) is 36.0 Å². The zero-order chi connectivity index (χ0) is 27.6. The maximum absolute atomic E-state index is 11.6. The van der Waals surface area contributed by atoms with Gasteiger partial charge in [0.25, 0.3) is 0 Å². The molecule has 202 valence electrons. The van der Waals surface area contributed by atoms with Crippen LogP contribution >= 0.6 is 11.8 Å². The number of fused-ring (bicyclic) bond motifs is 2. The van der Waals surface area contributed by atoms with Crippen molar-refractivity contribution >= 4 is 50.3 Å². The molecule has 0 fully saturated rings. The molecule has 0 saturated carbocycles. The molecule has 1 atom stereocenters. The van der Waals surface area contributed by atoms with Crippen LogP contribution in [-0.4, -0.2) is 39.0 Å². The summed E-state index contributed by atoms with van der Waals surface area (Å²) < 4.78 is 45.4. The smallest absolute Gasteiger partial charge is 0.748 e. The van der Waals surface area contributed by atoms with E-state index in [1.54, 1.807) is 26.0 Å². The van der Waals surface area contributed by atoms with Crippen LogP contribution in [0.3, 0.4) is 0 Å². The van der Waals surface area contributed by atoms with Gasteiger partial charge in [0, 0.05) is 38.6 Å². The van der Waals surface area contributed by atoms with E-state index < -0.39 is 15.4 Å². The van der Waals surface area contributed by atoms with Gasteiger partial charge in [-0.15, -0.1) is 0 Å². The van der Waals surface area contributed by atoms with E-state index in [1.807, 2.05) is 66.7 Å². The summed E-state index contributed by atoms with van der Waals surface area (Å²) in [6.07, 6.45) is 0.232. The van der Waals surface area contributed by atoms with Gasteiger partial charge < -0.3 is 23.8 Å². The summed E-state index contributed by atoms with van der Waals surface area (Å²) in [5, 5.41) is -0.970. The Morgan fingerprint density at radius 2 is 1.32 bits per heavy atom. The van der Waals surface area contributed by atoms with Crippen LogP contribution in [0.5, 0.6) is 11.5 Å². The fourth-order valence-electron chi connectivity index (χ4n) is 4.57. The van der Waals surface area contributed by atoms with E-state index in [2.05, 4.69) is 34.1 Å². The Kier molecular flexibility index (Phi) is 9.76. The second-order valence-electron chi connectivity index (χ2n) is 9.20. The van der Waals surface area contributed by atoms with E-state index in [4.69, 9.17) is 9.47 Å². The standard InChI is InChI=1S/C30H30N2O5S2.Na/c1-21(39(33,34)35)18-19-31-27-6-4-5-7-29(27)38-30-20-24(12-17-28(30)31)32(22-8-13-25(36-2)14-9-22)23-10-15-26(37-3)16-11-23;/h4-17,20-21H,18-19H2,1-3H3,(H,33,34,35);/q;+1/p-1. The first-order chi connectivity index (χ1) is 18.8. The van der Waals surface area contributed by atoms with E-state index in [0.717, 1.165) is 49.7 Å². The first-order valence-electron chi connectivity index (χ1n) is 12.5. The summed E-state index contributed by atoms with van der Waals surface area (Å²) in [6, 6.07) is 30.1. The van der Waals surface area contributed by atoms with Crippen LogP contribution in [0.4, 0.5) is 28.4 Å². The molecule has 0 aliphatic carbocycles. The van der Waals surface area contributed by atoms with Gasteiger partial charge in [0.2, 0.25) is 0 Å². The molecule has 0 spiro atoms. The molecule has 40 heavy (non-hydrogen) atoms. The van der Waals surface area contributed by atoms with Crippen molar-refractivity contribution in [3.63, 3.8) is 0 Å². The van der Waals surface area contributed by atoms with E-state index in [1.165, 1.54) is 6.92 Å². The number of benzene rings is 4. The topological polar surface area (TPSA) is 82.1 Å². The maximum atomic E-state index is 11.6. The summed E-state index contributed by atoms with van der Waals surface area (Å²) in [5.74, 6) is 1.55. The number of ether oxygens (including phenoxy) is 2. The minimum atomic E-state index is -4.35. The molecule has 1 aliphatic heterocycles. The average molecular weight is 585 g/mol. The van der Waals surface area contributed by atoms with Crippen molar-refractivity contribution in [1.29, 1.82) is 0 Å². The first kappa shape index (κ1) is 30.3. The summed E-state index contributed by atoms with van der Waals surface area (Å²) in [5.41, 5.74) is 4.87. The van der Waals surface area contributed by atoms with E-state index >= 15 is 0 Å². The first-order valence-corrected chi connectivity index (χ1v) is 14.8. The molecule has 4 aromatic carbocycles. The fraction of sp³-hybridized carbons (Fsp3) is 0.200. The Bertz CT molecular complexity index is 1520. The molecule has 4 aromatic rings. The third-order valence-corrected chi connectivity index (χ3v) is 9.11. The quantitative estimate of drug-likeness (QED) is 0.215. The number of hydrogen-bond donors (Lipinski definition) is 0. The SMILES string of the molecule is COc1ccc(N(c2ccc(OC)cc2)c2ccc3c(c2)Sc2ccccc2N3CCC(C)S(=O)(=O)[O-])cc1.[Na+]. The Morgan fingerprint density at radius 1 is 0.800 bits per heavy atom. The van der Waals surface area contributed by atoms with Crippen molar-refractivity contribution in [2.75, 3.05) is 30.6 Å². The Balaban J connectivity index is 0.00000370. The molecular formula is C30H29N2NaO5S2. The summed E-state index contributed by atoms with van der Waals surface area (Å²) >= 11 is 1.67. The molecule has 10 heteroatoms. The number of para-hydroxylation sites is 1. The molecule has 0 aromatic heterocycles. The van der Waals surface area contributed by atoms with Crippen LogP contribution in [0.15, 0.2) is 101 Å². The van der Waals surface area contributed by atoms with Crippen molar-refractivity contribution < 1.29 is 52.0 Å². The van der Waals surface area contributed by atoms with Gasteiger partial charge in [-0.1, -0.05) is 23.9 Å². The molecule has 0 radical (unpaired) electrons. The number of rotatable bonds is 9. The second kappa shape index (κ2) is 12.9. The summed E-state index contributed by atoms with van der Waals surface area (Å²) in [7, 11) is -1.06. The molecule has 1 heterocycles. The number of anilines is 5. The Labute approximate surface area is 262 Å². The van der Waals surface area contributed by atoms with Crippen LogP contribution in [0.1, 0.15) is 13.3 Å². The van der Waals surface area contributed by atoms with Crippen LogP contribution in [0.25, 0.3) is 0 Å². The van der Waals surface area contributed by atoms with Crippen LogP contribution in [0.2, 0.25) is 0 Å². The fourth-order valence-corrected chi connectivity index (χ4v) is 6.09. The van der Waals surface area contributed by atoms with Crippen LogP contribution < -0.4 is 48.8 Å². The molecule has 0 saturated heterocycles. The van der Waals surface area contributed by atoms with Gasteiger partial charge >= 0.3 is 29.6 Å². The van der Waals surface area contributed by atoms with Crippen LogP contribution in [0, 0.1) is 0 Å². The van der Waals surface area contributed by atoms with Crippen molar-refractivity contribution in [2.45, 2.75) is 28.4 Å². The van der Waals surface area contributed by atoms with Crippen molar-refractivity contribution in [3.05, 3.63) is 91.0 Å². The molecule has 7 nitrogen and oxygen atoms in total. The second-order valence-corrected chi connectivity index (χ2v) is 12.1. The van der Waals surface area contributed by atoms with Crippen molar-refractivity contribution in [3.8, 4) is 11.5 Å². The van der Waals surface area contributed by atoms with Gasteiger partial charge in [0.1, 0.15) is 11.5 Å². The van der Waals surface area contributed by atoms with Crippen molar-refractivity contribution in [1.82, 2.24) is 0 Å². The average Bonchev–Trinajstić information content (AvgIpc) is 2.95. The van der Waals surface area contributed by atoms with Gasteiger partial charge in [0.15, 0.2) is 0 Å². The van der Waals surface area contributed by atoms with Crippen molar-refractivity contribution in [2.24, 2.45) is 0 Å². The zero-order valence-electron chi connectivity index (χ0n) is 22.9. The minimum Gasteiger partial charge on any atom is -0.748 e. The number of hydrogen-bond acceptors (Lipinski definition) is 8. The summed E-state index contributed by atoms with van der Waals surface area (Å²) in [4.78, 5) is 6.38. The molecule has 1 aliphatic rings. The van der Waals surface area contributed by atoms with E-state index in [0.29, 0.717) is 6.54 Å². The van der Waals surface area contributed by atoms with Gasteiger partial charge in [0.05, 0.1) is 35.7 Å². The molecule has 0 N–H and O–H groups in total. The van der Waals surface area contributed by atoms with Gasteiger partial charge in [-0.05, 0) is 92.2 Å². The molecule has 0 amide bonds. The predicted octanol–water partition coefficient (Wildman–Crippen LogP) is 4.10. The third kappa shape index (κ3) is 6.46. The maximum Gasteiger partial charge on any atom is 1.00 e. The normalized spacial score (nSPS) is 12.9. The number of nitrogens with zero attached hydrogens (tertiary/aromatic N) is 2. The molecule has 0 bridgehead atoms. The zero-order valence-corrected chi connectivity index (χ0v) is 26.5. The molecule has 5 rings (SSSR count). The minimum absolute atomic E-state index is 0.